The van der Waals surface area contributed by atoms with E-state index in [1.54, 1.807) is 0 Å². The third kappa shape index (κ3) is 8.77. The van der Waals surface area contributed by atoms with Crippen LogP contribution in [-0.2, 0) is 9.53 Å². The van der Waals surface area contributed by atoms with Gasteiger partial charge in [-0.25, -0.2) is 9.59 Å². The first-order valence-electron chi connectivity index (χ1n) is 5.93. The highest BCUT2D eigenvalue weighted by Crippen LogP contribution is 1.92. The summed E-state index contributed by atoms with van der Waals surface area (Å²) in [5.41, 5.74) is 0. The molecule has 0 bridgehead atoms. The number of urea groups is 1. The van der Waals surface area contributed by atoms with E-state index in [4.69, 9.17) is 14.9 Å². The van der Waals surface area contributed by atoms with E-state index in [0.717, 1.165) is 0 Å². The second-order valence-electron chi connectivity index (χ2n) is 4.27. The molecule has 0 aromatic carbocycles. The summed E-state index contributed by atoms with van der Waals surface area (Å²) in [5, 5.41) is 22.1. The minimum absolute atomic E-state index is 0.0212. The molecular weight excluding hydrogens is 240 g/mol. The number of ether oxygens (including phenoxy) is 1. The van der Waals surface area contributed by atoms with Crippen molar-refractivity contribution in [1.82, 2.24) is 10.6 Å². The van der Waals surface area contributed by atoms with Crippen molar-refractivity contribution in [3.05, 3.63) is 0 Å². The van der Waals surface area contributed by atoms with Crippen molar-refractivity contribution < 1.29 is 24.5 Å². The first-order chi connectivity index (χ1) is 8.47. The van der Waals surface area contributed by atoms with Crippen LogP contribution in [0.1, 0.15) is 20.3 Å². The number of carbonyl (C=O) groups excluding carboxylic acids is 1. The van der Waals surface area contributed by atoms with Crippen LogP contribution in [0.25, 0.3) is 0 Å². The third-order valence-electron chi connectivity index (χ3n) is 2.00. The summed E-state index contributed by atoms with van der Waals surface area (Å²) in [6, 6.07) is -1.66. The third-order valence-corrected chi connectivity index (χ3v) is 2.00. The Morgan fingerprint density at radius 2 is 2.00 bits per heavy atom. The number of hydrogen-bond donors (Lipinski definition) is 4. The Morgan fingerprint density at radius 3 is 2.50 bits per heavy atom. The molecule has 7 heteroatoms. The second kappa shape index (κ2) is 9.67. The van der Waals surface area contributed by atoms with E-state index >= 15 is 0 Å². The molecule has 0 fully saturated rings. The highest BCUT2D eigenvalue weighted by atomic mass is 16.5. The molecule has 0 aliphatic carbocycles. The molecule has 2 amide bonds. The molecule has 0 aromatic heterocycles. The van der Waals surface area contributed by atoms with Crippen LogP contribution in [0.3, 0.4) is 0 Å². The van der Waals surface area contributed by atoms with Crippen LogP contribution in [0.15, 0.2) is 0 Å². The number of aliphatic carboxylic acids is 1. The van der Waals surface area contributed by atoms with Gasteiger partial charge in [-0.05, 0) is 5.92 Å². The van der Waals surface area contributed by atoms with Gasteiger partial charge in [-0.1, -0.05) is 13.8 Å². The van der Waals surface area contributed by atoms with Gasteiger partial charge in [-0.2, -0.15) is 0 Å². The lowest BCUT2D eigenvalue weighted by atomic mass is 10.2. The van der Waals surface area contributed by atoms with E-state index in [0.29, 0.717) is 25.7 Å². The van der Waals surface area contributed by atoms with Crippen LogP contribution < -0.4 is 10.6 Å². The van der Waals surface area contributed by atoms with E-state index in [9.17, 15) is 9.59 Å². The summed E-state index contributed by atoms with van der Waals surface area (Å²) in [6.07, 6.45) is -0.0212. The van der Waals surface area contributed by atoms with Crippen LogP contribution in [0.4, 0.5) is 4.79 Å². The van der Waals surface area contributed by atoms with Crippen molar-refractivity contribution in [3.8, 4) is 0 Å². The van der Waals surface area contributed by atoms with E-state index in [1.807, 2.05) is 13.8 Å². The van der Waals surface area contributed by atoms with Gasteiger partial charge >= 0.3 is 12.0 Å². The fourth-order valence-corrected chi connectivity index (χ4v) is 1.15. The summed E-state index contributed by atoms with van der Waals surface area (Å²) in [5.74, 6) is -0.741. The summed E-state index contributed by atoms with van der Waals surface area (Å²) >= 11 is 0. The molecule has 0 unspecified atom stereocenters. The van der Waals surface area contributed by atoms with E-state index in [2.05, 4.69) is 10.6 Å². The highest BCUT2D eigenvalue weighted by molar-refractivity contribution is 5.82. The number of carboxylic acids is 1. The van der Waals surface area contributed by atoms with Gasteiger partial charge in [0.05, 0.1) is 6.61 Å². The number of carbonyl (C=O) groups is 2. The Labute approximate surface area is 107 Å². The number of aliphatic hydroxyl groups is 1. The van der Waals surface area contributed by atoms with Crippen LogP contribution in [-0.4, -0.2) is 54.6 Å². The number of carboxylic acid groups (broad SMARTS) is 1. The lowest BCUT2D eigenvalue weighted by molar-refractivity contribution is -0.139. The summed E-state index contributed by atoms with van der Waals surface area (Å²) in [6.45, 7) is 5.05. The van der Waals surface area contributed by atoms with Gasteiger partial charge in [0.25, 0.3) is 0 Å². The molecule has 0 aliphatic heterocycles. The lowest BCUT2D eigenvalue weighted by Crippen LogP contribution is -2.47. The van der Waals surface area contributed by atoms with Gasteiger partial charge in [0.1, 0.15) is 6.04 Å². The minimum atomic E-state index is -1.17. The lowest BCUT2D eigenvalue weighted by Gasteiger charge is -2.14. The van der Waals surface area contributed by atoms with Crippen molar-refractivity contribution in [2.75, 3.05) is 26.4 Å². The van der Waals surface area contributed by atoms with Gasteiger partial charge in [-0.15, -0.1) is 0 Å². The Bertz CT molecular complexity index is 258. The summed E-state index contributed by atoms with van der Waals surface area (Å²) in [7, 11) is 0. The molecular formula is C11H22N2O5. The predicted molar refractivity (Wildman–Crippen MR) is 65.3 cm³/mol. The van der Waals surface area contributed by atoms with Gasteiger partial charge in [0, 0.05) is 26.2 Å². The van der Waals surface area contributed by atoms with Gasteiger partial charge in [0.15, 0.2) is 0 Å². The smallest absolute Gasteiger partial charge is 0.326 e. The number of hydrogen-bond acceptors (Lipinski definition) is 4. The fourth-order valence-electron chi connectivity index (χ4n) is 1.15. The van der Waals surface area contributed by atoms with Gasteiger partial charge in [0.2, 0.25) is 0 Å². The topological polar surface area (TPSA) is 108 Å². The number of rotatable bonds is 9. The SMILES string of the molecule is CC(C)COCCNC(=O)N[C@H](CCO)C(=O)O. The normalized spacial score (nSPS) is 12.2. The maximum atomic E-state index is 11.3. The molecule has 7 nitrogen and oxygen atoms in total. The van der Waals surface area contributed by atoms with Crippen molar-refractivity contribution in [2.45, 2.75) is 26.3 Å². The average molecular weight is 262 g/mol. The van der Waals surface area contributed by atoms with Crippen molar-refractivity contribution in [2.24, 2.45) is 5.92 Å². The molecule has 106 valence electrons. The summed E-state index contributed by atoms with van der Waals surface area (Å²) < 4.78 is 5.25. The standard InChI is InChI=1S/C11H22N2O5/c1-8(2)7-18-6-4-12-11(17)13-9(3-5-14)10(15)16/h8-9,14H,3-7H2,1-2H3,(H,15,16)(H2,12,13,17)/t9-/m1/s1. The largest absolute Gasteiger partial charge is 0.480 e. The van der Waals surface area contributed by atoms with Crippen LogP contribution in [0.5, 0.6) is 0 Å². The molecule has 0 saturated carbocycles. The molecule has 0 saturated heterocycles. The molecule has 0 aromatic rings. The van der Waals surface area contributed by atoms with Crippen molar-refractivity contribution >= 4 is 12.0 Å². The van der Waals surface area contributed by atoms with Crippen molar-refractivity contribution in [1.29, 1.82) is 0 Å². The van der Waals surface area contributed by atoms with Crippen LogP contribution in [0, 0.1) is 5.92 Å². The van der Waals surface area contributed by atoms with E-state index in [1.165, 1.54) is 0 Å². The predicted octanol–water partition coefficient (Wildman–Crippen LogP) is -0.206. The zero-order valence-corrected chi connectivity index (χ0v) is 10.8. The Balaban J connectivity index is 3.71. The Kier molecular flexibility index (Phi) is 8.95. The number of amides is 2. The number of aliphatic hydroxyl groups excluding tert-OH is 1. The van der Waals surface area contributed by atoms with Crippen LogP contribution in [0.2, 0.25) is 0 Å². The summed E-state index contributed by atoms with van der Waals surface area (Å²) in [4.78, 5) is 22.0. The van der Waals surface area contributed by atoms with Crippen LogP contribution >= 0.6 is 0 Å². The van der Waals surface area contributed by atoms with E-state index < -0.39 is 18.0 Å². The number of nitrogens with one attached hydrogen (secondary N) is 2. The molecule has 1 atom stereocenters. The molecule has 4 N–H and O–H groups in total. The Hall–Kier alpha value is -1.34. The average Bonchev–Trinajstić information content (AvgIpc) is 2.27. The quantitative estimate of drug-likeness (QED) is 0.430. The van der Waals surface area contributed by atoms with Crippen molar-refractivity contribution in [3.63, 3.8) is 0 Å². The minimum Gasteiger partial charge on any atom is -0.480 e. The fraction of sp³-hybridized carbons (Fsp3) is 0.818. The highest BCUT2D eigenvalue weighted by Gasteiger charge is 2.18. The molecule has 0 heterocycles. The Morgan fingerprint density at radius 1 is 1.33 bits per heavy atom. The second-order valence-corrected chi connectivity index (χ2v) is 4.27. The maximum Gasteiger partial charge on any atom is 0.326 e. The molecule has 0 radical (unpaired) electrons. The van der Waals surface area contributed by atoms with Gasteiger partial charge < -0.3 is 25.6 Å². The molecule has 0 spiro atoms. The monoisotopic (exact) mass is 262 g/mol. The molecule has 0 rings (SSSR count). The zero-order valence-electron chi connectivity index (χ0n) is 10.8. The zero-order chi connectivity index (χ0) is 14.0. The maximum absolute atomic E-state index is 11.3. The first kappa shape index (κ1) is 16.7. The molecule has 18 heavy (non-hydrogen) atoms. The molecule has 0 aliphatic rings. The van der Waals surface area contributed by atoms with Gasteiger partial charge in [-0.3, -0.25) is 0 Å². The van der Waals surface area contributed by atoms with E-state index in [-0.39, 0.29) is 13.0 Å². The first-order valence-corrected chi connectivity index (χ1v) is 5.93.